The van der Waals surface area contributed by atoms with Gasteiger partial charge in [0.25, 0.3) is 5.91 Å². The lowest BCUT2D eigenvalue weighted by Gasteiger charge is -2.18. The van der Waals surface area contributed by atoms with Gasteiger partial charge in [0.05, 0.1) is 0 Å². The lowest BCUT2D eigenvalue weighted by molar-refractivity contribution is 0.0750. The summed E-state index contributed by atoms with van der Waals surface area (Å²) >= 11 is 0. The highest BCUT2D eigenvalue weighted by Gasteiger charge is 2.28. The zero-order valence-electron chi connectivity index (χ0n) is 10.6. The molecule has 1 saturated carbocycles. The van der Waals surface area contributed by atoms with Crippen LogP contribution < -0.4 is 0 Å². The number of H-pyrrole nitrogens is 1. The monoisotopic (exact) mass is 236 g/mol. The molecule has 5 nitrogen and oxygen atoms in total. The van der Waals surface area contributed by atoms with Crippen LogP contribution in [0.3, 0.4) is 0 Å². The molecule has 1 N–H and O–H groups in total. The first-order chi connectivity index (χ1) is 8.26. The van der Waals surface area contributed by atoms with Gasteiger partial charge in [-0.2, -0.15) is 0 Å². The number of nitrogens with zero attached hydrogens (tertiary/aromatic N) is 3. The fourth-order valence-corrected chi connectivity index (χ4v) is 1.80. The van der Waals surface area contributed by atoms with E-state index in [9.17, 15) is 4.79 Å². The van der Waals surface area contributed by atoms with Crippen molar-refractivity contribution in [3.63, 3.8) is 0 Å². The van der Waals surface area contributed by atoms with Crippen LogP contribution in [-0.2, 0) is 0 Å². The number of aromatic nitrogens is 3. The number of carbonyl (C=O) groups is 1. The quantitative estimate of drug-likeness (QED) is 0.821. The molecular weight excluding hydrogens is 216 g/mol. The fourth-order valence-electron chi connectivity index (χ4n) is 1.80. The fraction of sp³-hybridized carbons (Fsp3) is 0.750. The third-order valence-electron chi connectivity index (χ3n) is 3.11. The highest BCUT2D eigenvalue weighted by Crippen LogP contribution is 2.37. The van der Waals surface area contributed by atoms with Crippen molar-refractivity contribution in [2.24, 2.45) is 0 Å². The first-order valence-corrected chi connectivity index (χ1v) is 6.47. The van der Waals surface area contributed by atoms with Crippen molar-refractivity contribution in [1.82, 2.24) is 20.1 Å². The van der Waals surface area contributed by atoms with Gasteiger partial charge in [0.2, 0.25) is 5.82 Å². The topological polar surface area (TPSA) is 61.9 Å². The molecule has 0 aromatic carbocycles. The summed E-state index contributed by atoms with van der Waals surface area (Å²) in [6.07, 6.45) is 4.44. The molecule has 0 bridgehead atoms. The molecule has 0 spiro atoms. The minimum atomic E-state index is -0.0518. The lowest BCUT2D eigenvalue weighted by Crippen LogP contribution is -2.32. The molecule has 1 aromatic rings. The Morgan fingerprint density at radius 1 is 1.47 bits per heavy atom. The number of rotatable bonds is 6. The summed E-state index contributed by atoms with van der Waals surface area (Å²) in [5.41, 5.74) is 0. The number of unbranched alkanes of at least 4 members (excludes halogenated alkanes) is 1. The zero-order valence-corrected chi connectivity index (χ0v) is 10.6. The van der Waals surface area contributed by atoms with Crippen LogP contribution in [0, 0.1) is 0 Å². The smallest absolute Gasteiger partial charge is 0.293 e. The van der Waals surface area contributed by atoms with E-state index in [1.807, 2.05) is 11.8 Å². The van der Waals surface area contributed by atoms with Crippen LogP contribution in [-0.4, -0.2) is 39.1 Å². The minimum absolute atomic E-state index is 0.0518. The summed E-state index contributed by atoms with van der Waals surface area (Å²) in [7, 11) is 0. The normalized spacial score (nSPS) is 14.9. The molecule has 1 aliphatic rings. The van der Waals surface area contributed by atoms with Gasteiger partial charge in [-0.25, -0.2) is 4.98 Å². The molecule has 1 fully saturated rings. The van der Waals surface area contributed by atoms with Crippen molar-refractivity contribution in [3.8, 4) is 0 Å². The number of hydrogen-bond acceptors (Lipinski definition) is 3. The van der Waals surface area contributed by atoms with Gasteiger partial charge in [-0.3, -0.25) is 9.89 Å². The molecule has 1 heterocycles. The molecule has 2 rings (SSSR count). The summed E-state index contributed by atoms with van der Waals surface area (Å²) in [5.74, 6) is 1.66. The van der Waals surface area contributed by atoms with E-state index in [0.29, 0.717) is 18.3 Å². The molecule has 94 valence electrons. The van der Waals surface area contributed by atoms with E-state index in [-0.39, 0.29) is 5.91 Å². The second-order valence-corrected chi connectivity index (χ2v) is 4.56. The molecule has 1 aromatic heterocycles. The SMILES string of the molecule is CCCCN(CC)C(=O)c1n[nH]c(C2CC2)n1. The van der Waals surface area contributed by atoms with E-state index in [1.54, 1.807) is 0 Å². The van der Waals surface area contributed by atoms with Gasteiger partial charge in [0, 0.05) is 19.0 Å². The van der Waals surface area contributed by atoms with Gasteiger partial charge in [0.15, 0.2) is 0 Å². The van der Waals surface area contributed by atoms with Crippen molar-refractivity contribution in [1.29, 1.82) is 0 Å². The Bertz CT molecular complexity index is 384. The molecule has 1 amide bonds. The number of aromatic amines is 1. The summed E-state index contributed by atoms with van der Waals surface area (Å²) in [6, 6.07) is 0. The molecule has 1 aliphatic carbocycles. The average Bonchev–Trinajstić information content (AvgIpc) is 3.08. The molecule has 0 saturated heterocycles. The lowest BCUT2D eigenvalue weighted by atomic mass is 10.3. The van der Waals surface area contributed by atoms with Gasteiger partial charge in [-0.05, 0) is 26.2 Å². The molecule has 5 heteroatoms. The standard InChI is InChI=1S/C12H20N4O/c1-3-5-8-16(4-2)12(17)11-13-10(14-15-11)9-6-7-9/h9H,3-8H2,1-2H3,(H,13,14,15). The summed E-state index contributed by atoms with van der Waals surface area (Å²) in [4.78, 5) is 18.2. The first kappa shape index (κ1) is 12.1. The largest absolute Gasteiger partial charge is 0.336 e. The van der Waals surface area contributed by atoms with E-state index in [0.717, 1.165) is 38.1 Å². The van der Waals surface area contributed by atoms with Crippen molar-refractivity contribution >= 4 is 5.91 Å². The molecule has 0 aliphatic heterocycles. The Hall–Kier alpha value is -1.39. The Morgan fingerprint density at radius 3 is 2.82 bits per heavy atom. The van der Waals surface area contributed by atoms with Crippen LogP contribution in [0.15, 0.2) is 0 Å². The van der Waals surface area contributed by atoms with Crippen LogP contribution in [0.1, 0.15) is 61.9 Å². The van der Waals surface area contributed by atoms with Gasteiger partial charge >= 0.3 is 0 Å². The first-order valence-electron chi connectivity index (χ1n) is 6.47. The molecule has 0 unspecified atom stereocenters. The second kappa shape index (κ2) is 5.29. The van der Waals surface area contributed by atoms with Crippen LogP contribution in [0.5, 0.6) is 0 Å². The van der Waals surface area contributed by atoms with Crippen molar-refractivity contribution in [3.05, 3.63) is 11.6 Å². The number of nitrogens with one attached hydrogen (secondary N) is 1. The molecule has 0 atom stereocenters. The zero-order chi connectivity index (χ0) is 12.3. The maximum atomic E-state index is 12.1. The number of amides is 1. The number of hydrogen-bond donors (Lipinski definition) is 1. The van der Waals surface area contributed by atoms with E-state index < -0.39 is 0 Å². The van der Waals surface area contributed by atoms with E-state index in [1.165, 1.54) is 0 Å². The Balaban J connectivity index is 2.00. The highest BCUT2D eigenvalue weighted by molar-refractivity contribution is 5.90. The maximum Gasteiger partial charge on any atom is 0.293 e. The highest BCUT2D eigenvalue weighted by atomic mass is 16.2. The summed E-state index contributed by atoms with van der Waals surface area (Å²) < 4.78 is 0. The Labute approximate surface area is 102 Å². The van der Waals surface area contributed by atoms with E-state index >= 15 is 0 Å². The molecular formula is C12H20N4O. The van der Waals surface area contributed by atoms with Crippen LogP contribution in [0.25, 0.3) is 0 Å². The van der Waals surface area contributed by atoms with Crippen LogP contribution in [0.4, 0.5) is 0 Å². The van der Waals surface area contributed by atoms with E-state index in [4.69, 9.17) is 0 Å². The van der Waals surface area contributed by atoms with E-state index in [2.05, 4.69) is 22.1 Å². The maximum absolute atomic E-state index is 12.1. The van der Waals surface area contributed by atoms with Crippen molar-refractivity contribution < 1.29 is 4.79 Å². The van der Waals surface area contributed by atoms with Gasteiger partial charge in [0.1, 0.15) is 5.82 Å². The Morgan fingerprint density at radius 2 is 2.24 bits per heavy atom. The van der Waals surface area contributed by atoms with Crippen LogP contribution >= 0.6 is 0 Å². The van der Waals surface area contributed by atoms with Gasteiger partial charge < -0.3 is 4.90 Å². The third kappa shape index (κ3) is 2.84. The van der Waals surface area contributed by atoms with Gasteiger partial charge in [-0.1, -0.05) is 13.3 Å². The third-order valence-corrected chi connectivity index (χ3v) is 3.11. The van der Waals surface area contributed by atoms with Crippen molar-refractivity contribution in [2.75, 3.05) is 13.1 Å². The summed E-state index contributed by atoms with van der Waals surface area (Å²) in [5, 5.41) is 6.90. The van der Waals surface area contributed by atoms with Gasteiger partial charge in [-0.15, -0.1) is 5.10 Å². The van der Waals surface area contributed by atoms with Crippen molar-refractivity contribution in [2.45, 2.75) is 45.4 Å². The predicted octanol–water partition coefficient (Wildman–Crippen LogP) is 1.94. The van der Waals surface area contributed by atoms with Crippen LogP contribution in [0.2, 0.25) is 0 Å². The summed E-state index contributed by atoms with van der Waals surface area (Å²) in [6.45, 7) is 5.61. The average molecular weight is 236 g/mol. The minimum Gasteiger partial charge on any atom is -0.336 e. The predicted molar refractivity (Wildman–Crippen MR) is 64.8 cm³/mol. The molecule has 17 heavy (non-hydrogen) atoms. The molecule has 0 radical (unpaired) electrons. The number of carbonyl (C=O) groups excluding carboxylic acids is 1. The Kier molecular flexibility index (Phi) is 3.76. The second-order valence-electron chi connectivity index (χ2n) is 4.56.